The minimum absolute atomic E-state index is 0.113. The van der Waals surface area contributed by atoms with Crippen LogP contribution in [0.2, 0.25) is 5.02 Å². The molecule has 1 aromatic heterocycles. The highest BCUT2D eigenvalue weighted by Crippen LogP contribution is 2.34. The average molecular weight is 435 g/mol. The van der Waals surface area contributed by atoms with Crippen molar-refractivity contribution in [2.45, 2.75) is 30.6 Å². The molecule has 3 aromatic rings. The zero-order chi connectivity index (χ0) is 20.8. The minimum atomic E-state index is -4.04. The predicted octanol–water partition coefficient (Wildman–Crippen LogP) is 4.00. The van der Waals surface area contributed by atoms with E-state index in [-0.39, 0.29) is 22.4 Å². The summed E-state index contributed by atoms with van der Waals surface area (Å²) in [5.41, 5.74) is 2.33. The number of hydrogen-bond donors (Lipinski definition) is 1. The third-order valence-electron chi connectivity index (χ3n) is 5.16. The summed E-state index contributed by atoms with van der Waals surface area (Å²) >= 11 is 5.82. The first-order valence-corrected chi connectivity index (χ1v) is 11.0. The van der Waals surface area contributed by atoms with Crippen LogP contribution in [0.15, 0.2) is 41.3 Å². The summed E-state index contributed by atoms with van der Waals surface area (Å²) in [6.07, 6.45) is 1.43. The van der Waals surface area contributed by atoms with Gasteiger partial charge in [-0.3, -0.25) is 10.1 Å². The van der Waals surface area contributed by atoms with Crippen molar-refractivity contribution in [2.75, 3.05) is 13.1 Å². The van der Waals surface area contributed by atoms with Gasteiger partial charge in [0.05, 0.1) is 16.0 Å². The Bertz CT molecular complexity index is 1210. The van der Waals surface area contributed by atoms with E-state index in [4.69, 9.17) is 11.6 Å². The van der Waals surface area contributed by atoms with Crippen LogP contribution < -0.4 is 0 Å². The number of hydrogen-bond acceptors (Lipinski definition) is 5. The Morgan fingerprint density at radius 3 is 2.83 bits per heavy atom. The van der Waals surface area contributed by atoms with Crippen LogP contribution in [-0.4, -0.2) is 40.7 Å². The molecular weight excluding hydrogens is 416 g/mol. The summed E-state index contributed by atoms with van der Waals surface area (Å²) in [7, 11) is -4.04. The summed E-state index contributed by atoms with van der Waals surface area (Å²) in [5.74, 6) is 0.619. The first-order chi connectivity index (χ1) is 13.8. The molecule has 1 fully saturated rings. The number of aryl methyl sites for hydroxylation is 1. The van der Waals surface area contributed by atoms with Gasteiger partial charge in [-0.2, -0.15) is 4.31 Å². The Hall–Kier alpha value is -2.49. The first-order valence-electron chi connectivity index (χ1n) is 9.16. The van der Waals surface area contributed by atoms with Crippen molar-refractivity contribution in [3.05, 3.63) is 62.9 Å². The van der Waals surface area contributed by atoms with Gasteiger partial charge in [0.1, 0.15) is 5.82 Å². The number of aromatic nitrogens is 2. The molecule has 0 aliphatic carbocycles. The van der Waals surface area contributed by atoms with Crippen molar-refractivity contribution in [1.29, 1.82) is 0 Å². The average Bonchev–Trinajstić information content (AvgIpc) is 3.11. The van der Waals surface area contributed by atoms with E-state index in [1.165, 1.54) is 16.4 Å². The third-order valence-corrected chi connectivity index (χ3v) is 7.31. The van der Waals surface area contributed by atoms with Crippen LogP contribution >= 0.6 is 11.6 Å². The molecule has 1 unspecified atom stereocenters. The number of halogens is 1. The summed E-state index contributed by atoms with van der Waals surface area (Å²) < 4.78 is 27.6. The lowest BCUT2D eigenvalue weighted by Crippen LogP contribution is -2.39. The number of aromatic amines is 1. The number of rotatable bonds is 4. The summed E-state index contributed by atoms with van der Waals surface area (Å²) in [4.78, 5) is 18.2. The lowest BCUT2D eigenvalue weighted by atomic mass is 9.99. The molecule has 0 saturated carbocycles. The maximum atomic E-state index is 13.2. The van der Waals surface area contributed by atoms with Crippen LogP contribution in [0.4, 0.5) is 5.69 Å². The van der Waals surface area contributed by atoms with Gasteiger partial charge in [-0.15, -0.1) is 0 Å². The molecular formula is C19H19ClN4O4S. The van der Waals surface area contributed by atoms with Crippen LogP contribution in [0.5, 0.6) is 0 Å². The van der Waals surface area contributed by atoms with Crippen LogP contribution in [0.25, 0.3) is 11.0 Å². The van der Waals surface area contributed by atoms with Gasteiger partial charge in [-0.05, 0) is 49.6 Å². The minimum Gasteiger partial charge on any atom is -0.342 e. The molecule has 1 N–H and O–H groups in total. The number of fused-ring (bicyclic) bond motifs is 1. The van der Waals surface area contributed by atoms with Gasteiger partial charge in [0.25, 0.3) is 5.69 Å². The molecule has 0 radical (unpaired) electrons. The largest absolute Gasteiger partial charge is 0.342 e. The smallest absolute Gasteiger partial charge is 0.290 e. The summed E-state index contributed by atoms with van der Waals surface area (Å²) in [5, 5.41) is 11.5. The van der Waals surface area contributed by atoms with E-state index < -0.39 is 20.6 Å². The quantitative estimate of drug-likeness (QED) is 0.493. The van der Waals surface area contributed by atoms with Gasteiger partial charge in [0.15, 0.2) is 4.90 Å². The highest BCUT2D eigenvalue weighted by atomic mass is 35.5. The van der Waals surface area contributed by atoms with E-state index >= 15 is 0 Å². The zero-order valence-electron chi connectivity index (χ0n) is 15.6. The van der Waals surface area contributed by atoms with Gasteiger partial charge < -0.3 is 4.98 Å². The number of nitro benzene ring substituents is 1. The Morgan fingerprint density at radius 2 is 2.07 bits per heavy atom. The fourth-order valence-electron chi connectivity index (χ4n) is 3.71. The zero-order valence-corrected chi connectivity index (χ0v) is 17.2. The van der Waals surface area contributed by atoms with Crippen molar-refractivity contribution in [2.24, 2.45) is 0 Å². The molecule has 2 aromatic carbocycles. The number of imidazole rings is 1. The third kappa shape index (κ3) is 3.73. The van der Waals surface area contributed by atoms with Crippen molar-refractivity contribution in [1.82, 2.24) is 14.3 Å². The molecule has 1 aliphatic heterocycles. The molecule has 10 heteroatoms. The number of benzene rings is 2. The van der Waals surface area contributed by atoms with Crippen molar-refractivity contribution in [3.63, 3.8) is 0 Å². The van der Waals surface area contributed by atoms with Crippen molar-refractivity contribution in [3.8, 4) is 0 Å². The number of nitrogens with one attached hydrogen (secondary N) is 1. The van der Waals surface area contributed by atoms with Gasteiger partial charge >= 0.3 is 0 Å². The molecule has 0 spiro atoms. The highest BCUT2D eigenvalue weighted by molar-refractivity contribution is 7.89. The van der Waals surface area contributed by atoms with E-state index in [0.29, 0.717) is 13.0 Å². The molecule has 8 nitrogen and oxygen atoms in total. The summed E-state index contributed by atoms with van der Waals surface area (Å²) in [6.45, 7) is 2.51. The number of nitro groups is 1. The molecule has 4 rings (SSSR count). The maximum Gasteiger partial charge on any atom is 0.290 e. The maximum absolute atomic E-state index is 13.2. The fourth-order valence-corrected chi connectivity index (χ4v) is 5.54. The second-order valence-electron chi connectivity index (χ2n) is 7.21. The van der Waals surface area contributed by atoms with E-state index in [1.54, 1.807) is 0 Å². The molecule has 0 amide bonds. The van der Waals surface area contributed by atoms with E-state index in [9.17, 15) is 18.5 Å². The topological polar surface area (TPSA) is 109 Å². The van der Waals surface area contributed by atoms with E-state index in [0.717, 1.165) is 34.9 Å². The standard InChI is InChI=1S/C19H19ClN4O4S/c1-12-4-6-15-16(9-12)22-19(21-15)13-3-2-8-23(11-13)29(27,28)18-7-5-14(20)10-17(18)24(25)26/h4-7,9-10,13H,2-3,8,11H2,1H3,(H,21,22). The molecule has 1 saturated heterocycles. The molecule has 29 heavy (non-hydrogen) atoms. The van der Waals surface area contributed by atoms with Crippen LogP contribution in [-0.2, 0) is 10.0 Å². The lowest BCUT2D eigenvalue weighted by Gasteiger charge is -2.30. The van der Waals surface area contributed by atoms with E-state index in [2.05, 4.69) is 9.97 Å². The Balaban J connectivity index is 1.66. The number of nitrogens with zero attached hydrogens (tertiary/aromatic N) is 3. The van der Waals surface area contributed by atoms with Gasteiger partial charge in [0, 0.05) is 30.1 Å². The second-order valence-corrected chi connectivity index (χ2v) is 9.56. The van der Waals surface area contributed by atoms with Crippen LogP contribution in [0, 0.1) is 17.0 Å². The lowest BCUT2D eigenvalue weighted by molar-refractivity contribution is -0.387. The number of sulfonamides is 1. The van der Waals surface area contributed by atoms with Crippen molar-refractivity contribution >= 4 is 38.3 Å². The monoisotopic (exact) mass is 434 g/mol. The number of H-pyrrole nitrogens is 1. The number of piperidine rings is 1. The Kier molecular flexibility index (Phi) is 5.05. The highest BCUT2D eigenvalue weighted by Gasteiger charge is 2.36. The van der Waals surface area contributed by atoms with E-state index in [1.807, 2.05) is 25.1 Å². The van der Waals surface area contributed by atoms with Crippen LogP contribution in [0.1, 0.15) is 30.1 Å². The summed E-state index contributed by atoms with van der Waals surface area (Å²) in [6, 6.07) is 9.52. The normalized spacial score (nSPS) is 18.2. The van der Waals surface area contributed by atoms with Gasteiger partial charge in [-0.1, -0.05) is 17.7 Å². The first kappa shape index (κ1) is 19.8. The molecule has 2 heterocycles. The molecule has 0 bridgehead atoms. The predicted molar refractivity (Wildman–Crippen MR) is 110 cm³/mol. The molecule has 1 atom stereocenters. The molecule has 1 aliphatic rings. The van der Waals surface area contributed by atoms with Gasteiger partial charge in [-0.25, -0.2) is 13.4 Å². The Labute approximate surface area is 172 Å². The van der Waals surface area contributed by atoms with Crippen molar-refractivity contribution < 1.29 is 13.3 Å². The Morgan fingerprint density at radius 1 is 1.28 bits per heavy atom. The molecule has 152 valence electrons. The van der Waals surface area contributed by atoms with Crippen LogP contribution in [0.3, 0.4) is 0 Å². The SMILES string of the molecule is Cc1ccc2nc(C3CCCN(S(=O)(=O)c4ccc(Cl)cc4[N+](=O)[O-])C3)[nH]c2c1. The second kappa shape index (κ2) is 7.40. The van der Waals surface area contributed by atoms with Gasteiger partial charge in [0.2, 0.25) is 10.0 Å². The fraction of sp³-hybridized carbons (Fsp3) is 0.316.